The Balaban J connectivity index is 1.35. The minimum absolute atomic E-state index is 0.0352. The van der Waals surface area contributed by atoms with Crippen molar-refractivity contribution >= 4 is 22.6 Å². The molecule has 1 saturated heterocycles. The first-order valence-electron chi connectivity index (χ1n) is 12.3. The summed E-state index contributed by atoms with van der Waals surface area (Å²) in [7, 11) is 0. The summed E-state index contributed by atoms with van der Waals surface area (Å²) in [6, 6.07) is 18.2. The summed E-state index contributed by atoms with van der Waals surface area (Å²) in [5.74, 6) is -1.13. The van der Waals surface area contributed by atoms with Crippen LogP contribution in [0.3, 0.4) is 0 Å². The van der Waals surface area contributed by atoms with Crippen LogP contribution in [0.2, 0.25) is 0 Å². The van der Waals surface area contributed by atoms with Gasteiger partial charge in [0.2, 0.25) is 5.91 Å². The molecule has 2 aliphatic rings. The first-order valence-corrected chi connectivity index (χ1v) is 12.3. The average molecular weight is 496 g/mol. The summed E-state index contributed by atoms with van der Waals surface area (Å²) in [4.78, 5) is 28.6. The predicted octanol–water partition coefficient (Wildman–Crippen LogP) is 4.76. The Morgan fingerprint density at radius 2 is 1.72 bits per heavy atom. The highest BCUT2D eigenvalue weighted by Crippen LogP contribution is 2.33. The molecule has 0 spiro atoms. The molecule has 3 aromatic rings. The van der Waals surface area contributed by atoms with Crippen LogP contribution in [0, 0.1) is 5.92 Å². The van der Waals surface area contributed by atoms with Gasteiger partial charge in [0.25, 0.3) is 5.91 Å². The number of hydrogen-bond donors (Lipinski definition) is 2. The second-order valence-electron chi connectivity index (χ2n) is 9.59. The topological polar surface area (TPSA) is 61.4 Å². The Bertz CT molecular complexity index is 1270. The fourth-order valence-electron chi connectivity index (χ4n) is 4.98. The van der Waals surface area contributed by atoms with Crippen molar-refractivity contribution in [1.29, 1.82) is 0 Å². The zero-order chi connectivity index (χ0) is 25.3. The van der Waals surface area contributed by atoms with Gasteiger partial charge in [-0.3, -0.25) is 9.59 Å². The van der Waals surface area contributed by atoms with Crippen molar-refractivity contribution in [1.82, 2.24) is 15.5 Å². The van der Waals surface area contributed by atoms with Crippen molar-refractivity contribution in [3.63, 3.8) is 0 Å². The molecule has 2 N–H and O–H groups in total. The van der Waals surface area contributed by atoms with Gasteiger partial charge in [0.05, 0.1) is 11.5 Å². The maximum Gasteiger partial charge on any atom is 0.416 e. The molecular formula is C28H28F3N3O2. The third-order valence-corrected chi connectivity index (χ3v) is 7.06. The molecule has 36 heavy (non-hydrogen) atoms. The van der Waals surface area contributed by atoms with Crippen molar-refractivity contribution in [2.45, 2.75) is 44.1 Å². The average Bonchev–Trinajstić information content (AvgIpc) is 3.72. The third kappa shape index (κ3) is 5.23. The van der Waals surface area contributed by atoms with Crippen molar-refractivity contribution < 1.29 is 22.8 Å². The minimum atomic E-state index is -4.53. The van der Waals surface area contributed by atoms with Gasteiger partial charge >= 0.3 is 6.18 Å². The lowest BCUT2D eigenvalue weighted by Gasteiger charge is -2.36. The minimum Gasteiger partial charge on any atom is -0.348 e. The molecule has 2 unspecified atom stereocenters. The molecule has 2 amide bonds. The van der Waals surface area contributed by atoms with Crippen molar-refractivity contribution in [2.24, 2.45) is 5.92 Å². The number of nitrogens with zero attached hydrogens (tertiary/aromatic N) is 1. The van der Waals surface area contributed by atoms with Gasteiger partial charge in [-0.05, 0) is 60.3 Å². The predicted molar refractivity (Wildman–Crippen MR) is 131 cm³/mol. The van der Waals surface area contributed by atoms with Crippen LogP contribution in [0.4, 0.5) is 13.2 Å². The highest BCUT2D eigenvalue weighted by atomic mass is 19.4. The van der Waals surface area contributed by atoms with E-state index in [1.54, 1.807) is 0 Å². The summed E-state index contributed by atoms with van der Waals surface area (Å²) in [6.45, 7) is 1.50. The molecule has 2 fully saturated rings. The molecule has 5 rings (SSSR count). The first-order chi connectivity index (χ1) is 17.3. The van der Waals surface area contributed by atoms with Gasteiger partial charge < -0.3 is 15.5 Å². The van der Waals surface area contributed by atoms with E-state index in [-0.39, 0.29) is 17.5 Å². The van der Waals surface area contributed by atoms with Crippen molar-refractivity contribution in [3.8, 4) is 0 Å². The van der Waals surface area contributed by atoms with E-state index in [1.807, 2.05) is 41.3 Å². The highest BCUT2D eigenvalue weighted by molar-refractivity contribution is 5.95. The van der Waals surface area contributed by atoms with Gasteiger partial charge in [-0.25, -0.2) is 0 Å². The molecule has 188 valence electrons. The van der Waals surface area contributed by atoms with Crippen molar-refractivity contribution in [3.05, 3.63) is 83.4 Å². The largest absolute Gasteiger partial charge is 0.416 e. The van der Waals surface area contributed by atoms with E-state index in [1.165, 1.54) is 12.1 Å². The second kappa shape index (κ2) is 9.93. The van der Waals surface area contributed by atoms with Gasteiger partial charge in [0, 0.05) is 30.7 Å². The number of amides is 2. The number of piperidine rings is 1. The van der Waals surface area contributed by atoms with E-state index in [0.717, 1.165) is 41.3 Å². The molecular weight excluding hydrogens is 467 g/mol. The van der Waals surface area contributed by atoms with Crippen molar-refractivity contribution in [2.75, 3.05) is 13.1 Å². The fraction of sp³-hybridized carbons (Fsp3) is 0.357. The lowest BCUT2D eigenvalue weighted by Crippen LogP contribution is -2.55. The van der Waals surface area contributed by atoms with E-state index in [2.05, 4.69) is 16.7 Å². The zero-order valence-corrected chi connectivity index (χ0v) is 19.7. The van der Waals surface area contributed by atoms with E-state index < -0.39 is 29.6 Å². The maximum atomic E-state index is 13.8. The van der Waals surface area contributed by atoms with Crippen LogP contribution in [0.1, 0.15) is 40.7 Å². The van der Waals surface area contributed by atoms with Crippen LogP contribution in [-0.4, -0.2) is 41.9 Å². The highest BCUT2D eigenvalue weighted by Gasteiger charge is 2.40. The summed E-state index contributed by atoms with van der Waals surface area (Å²) >= 11 is 0. The standard InChI is InChI=1S/C28H28F3N3O2/c29-28(30,31)21-9-4-7-19(15-21)26(35)33-25-13-14-32-16-24(25)27(36)34(22-11-12-22)17-20-8-3-6-18-5-1-2-10-23(18)20/h1-10,15,22,24-25,32H,11-14,16-17H2,(H,33,35). The van der Waals surface area contributed by atoms with Crippen LogP contribution in [0.25, 0.3) is 10.8 Å². The van der Waals surface area contributed by atoms with E-state index in [9.17, 15) is 22.8 Å². The molecule has 2 atom stereocenters. The van der Waals surface area contributed by atoms with Crippen LogP contribution in [0.5, 0.6) is 0 Å². The monoisotopic (exact) mass is 495 g/mol. The second-order valence-corrected chi connectivity index (χ2v) is 9.59. The Morgan fingerprint density at radius 3 is 2.50 bits per heavy atom. The number of carbonyl (C=O) groups excluding carboxylic acids is 2. The Kier molecular flexibility index (Phi) is 6.71. The summed E-state index contributed by atoms with van der Waals surface area (Å²) in [5, 5.41) is 8.33. The van der Waals surface area contributed by atoms with Crippen LogP contribution >= 0.6 is 0 Å². The SMILES string of the molecule is O=C(NC1CCNCC1C(=O)N(Cc1cccc2ccccc12)C1CC1)c1cccc(C(F)(F)F)c1. The van der Waals surface area contributed by atoms with Gasteiger partial charge in [-0.2, -0.15) is 13.2 Å². The number of benzene rings is 3. The molecule has 0 radical (unpaired) electrons. The first kappa shape index (κ1) is 24.3. The molecule has 1 aliphatic carbocycles. The summed E-state index contributed by atoms with van der Waals surface area (Å²) in [5.41, 5.74) is 0.133. The zero-order valence-electron chi connectivity index (χ0n) is 19.7. The molecule has 5 nitrogen and oxygen atoms in total. The Hall–Kier alpha value is -3.39. The van der Waals surface area contributed by atoms with E-state index in [0.29, 0.717) is 26.1 Å². The molecule has 3 aromatic carbocycles. The van der Waals surface area contributed by atoms with E-state index in [4.69, 9.17) is 0 Å². The smallest absolute Gasteiger partial charge is 0.348 e. The van der Waals surface area contributed by atoms with Crippen LogP contribution in [0.15, 0.2) is 66.7 Å². The molecule has 8 heteroatoms. The van der Waals surface area contributed by atoms with Gasteiger partial charge in [-0.1, -0.05) is 48.5 Å². The fourth-order valence-corrected chi connectivity index (χ4v) is 4.98. The Morgan fingerprint density at radius 1 is 0.972 bits per heavy atom. The molecule has 1 saturated carbocycles. The maximum absolute atomic E-state index is 13.8. The summed E-state index contributed by atoms with van der Waals surface area (Å²) in [6.07, 6.45) is -2.13. The lowest BCUT2D eigenvalue weighted by molar-refractivity contribution is -0.138. The Labute approximate surface area is 207 Å². The number of carbonyl (C=O) groups is 2. The molecule has 0 bridgehead atoms. The van der Waals surface area contributed by atoms with Crippen LogP contribution in [-0.2, 0) is 17.5 Å². The molecule has 1 aliphatic heterocycles. The number of nitrogens with one attached hydrogen (secondary N) is 2. The van der Waals surface area contributed by atoms with Gasteiger partial charge in [0.15, 0.2) is 0 Å². The quantitative estimate of drug-likeness (QED) is 0.519. The van der Waals surface area contributed by atoms with Gasteiger partial charge in [0.1, 0.15) is 0 Å². The number of fused-ring (bicyclic) bond motifs is 1. The molecule has 1 heterocycles. The number of rotatable bonds is 6. The normalized spacial score (nSPS) is 20.2. The van der Waals surface area contributed by atoms with Gasteiger partial charge in [-0.15, -0.1) is 0 Å². The molecule has 0 aromatic heterocycles. The third-order valence-electron chi connectivity index (χ3n) is 7.06. The number of hydrogen-bond acceptors (Lipinski definition) is 3. The number of halogens is 3. The van der Waals surface area contributed by atoms with Crippen LogP contribution < -0.4 is 10.6 Å². The lowest BCUT2D eigenvalue weighted by atomic mass is 9.91. The summed E-state index contributed by atoms with van der Waals surface area (Å²) < 4.78 is 39.3. The van der Waals surface area contributed by atoms with E-state index >= 15 is 0 Å². The number of alkyl halides is 3.